The van der Waals surface area contributed by atoms with Crippen molar-refractivity contribution in [2.45, 2.75) is 12.3 Å². The lowest BCUT2D eigenvalue weighted by Crippen LogP contribution is -2.15. The van der Waals surface area contributed by atoms with Gasteiger partial charge < -0.3 is 10.5 Å². The van der Waals surface area contributed by atoms with Crippen LogP contribution in [0.1, 0.15) is 17.9 Å². The van der Waals surface area contributed by atoms with Crippen LogP contribution < -0.4 is 10.5 Å². The molecule has 0 aliphatic carbocycles. The topological polar surface area (TPSA) is 35.2 Å². The third-order valence-corrected chi connectivity index (χ3v) is 3.32. The van der Waals surface area contributed by atoms with Crippen LogP contribution in [-0.4, -0.2) is 13.2 Å². The molecule has 3 heteroatoms. The van der Waals surface area contributed by atoms with Gasteiger partial charge in [-0.25, -0.2) is 0 Å². The standard InChI is InChI=1S/C16H18ClNO/c17-15-7-4-8-16(11-15)19-10-9-14(12-18)13-5-2-1-3-6-13/h1-8,11,14H,9-10,12,18H2. The number of nitrogens with two attached hydrogens (primary N) is 1. The molecule has 2 rings (SSSR count). The fourth-order valence-corrected chi connectivity index (χ4v) is 2.20. The highest BCUT2D eigenvalue weighted by molar-refractivity contribution is 6.30. The number of benzene rings is 2. The molecule has 1 atom stereocenters. The molecule has 19 heavy (non-hydrogen) atoms. The van der Waals surface area contributed by atoms with E-state index in [4.69, 9.17) is 22.1 Å². The summed E-state index contributed by atoms with van der Waals surface area (Å²) < 4.78 is 5.70. The van der Waals surface area contributed by atoms with Crippen molar-refractivity contribution in [1.29, 1.82) is 0 Å². The van der Waals surface area contributed by atoms with E-state index < -0.39 is 0 Å². The Hall–Kier alpha value is -1.51. The van der Waals surface area contributed by atoms with Crippen LogP contribution in [0.2, 0.25) is 5.02 Å². The minimum Gasteiger partial charge on any atom is -0.494 e. The second kappa shape index (κ2) is 7.17. The van der Waals surface area contributed by atoms with E-state index >= 15 is 0 Å². The molecule has 2 nitrogen and oxygen atoms in total. The Bertz CT molecular complexity index is 501. The third kappa shape index (κ3) is 4.27. The molecule has 0 bridgehead atoms. The van der Waals surface area contributed by atoms with Crippen molar-refractivity contribution in [3.05, 3.63) is 65.2 Å². The Labute approximate surface area is 119 Å². The quantitative estimate of drug-likeness (QED) is 0.869. The van der Waals surface area contributed by atoms with Gasteiger partial charge in [-0.2, -0.15) is 0 Å². The molecule has 2 aromatic rings. The van der Waals surface area contributed by atoms with Gasteiger partial charge in [0.25, 0.3) is 0 Å². The van der Waals surface area contributed by atoms with Gasteiger partial charge in [-0.05, 0) is 42.6 Å². The monoisotopic (exact) mass is 275 g/mol. The van der Waals surface area contributed by atoms with Gasteiger partial charge in [-0.15, -0.1) is 0 Å². The summed E-state index contributed by atoms with van der Waals surface area (Å²) in [6, 6.07) is 17.8. The summed E-state index contributed by atoms with van der Waals surface area (Å²) in [5.74, 6) is 1.14. The minimum atomic E-state index is 0.334. The van der Waals surface area contributed by atoms with E-state index in [0.717, 1.165) is 12.2 Å². The molecular formula is C16H18ClNO. The molecule has 0 aliphatic rings. The van der Waals surface area contributed by atoms with E-state index in [1.807, 2.05) is 42.5 Å². The molecule has 0 spiro atoms. The van der Waals surface area contributed by atoms with Crippen LogP contribution in [-0.2, 0) is 0 Å². The van der Waals surface area contributed by atoms with E-state index in [-0.39, 0.29) is 0 Å². The predicted molar refractivity (Wildman–Crippen MR) is 79.8 cm³/mol. The number of halogens is 1. The van der Waals surface area contributed by atoms with Crippen LogP contribution in [0.5, 0.6) is 5.75 Å². The van der Waals surface area contributed by atoms with Crippen LogP contribution in [0, 0.1) is 0 Å². The molecular weight excluding hydrogens is 258 g/mol. The SMILES string of the molecule is NCC(CCOc1cccc(Cl)c1)c1ccccc1. The van der Waals surface area contributed by atoms with Gasteiger partial charge in [0.1, 0.15) is 5.75 Å². The Kier molecular flexibility index (Phi) is 5.25. The Morgan fingerprint density at radius 2 is 1.84 bits per heavy atom. The highest BCUT2D eigenvalue weighted by atomic mass is 35.5. The highest BCUT2D eigenvalue weighted by Gasteiger charge is 2.09. The fraction of sp³-hybridized carbons (Fsp3) is 0.250. The third-order valence-electron chi connectivity index (χ3n) is 3.09. The zero-order valence-corrected chi connectivity index (χ0v) is 11.5. The number of hydrogen-bond donors (Lipinski definition) is 1. The van der Waals surface area contributed by atoms with Crippen molar-refractivity contribution in [3.8, 4) is 5.75 Å². The van der Waals surface area contributed by atoms with Crippen LogP contribution in [0.3, 0.4) is 0 Å². The highest BCUT2D eigenvalue weighted by Crippen LogP contribution is 2.20. The first-order valence-corrected chi connectivity index (χ1v) is 6.81. The van der Waals surface area contributed by atoms with E-state index in [0.29, 0.717) is 24.1 Å². The van der Waals surface area contributed by atoms with Gasteiger partial charge in [0.15, 0.2) is 0 Å². The van der Waals surface area contributed by atoms with Gasteiger partial charge in [-0.3, -0.25) is 0 Å². The molecule has 0 aliphatic heterocycles. The number of hydrogen-bond acceptors (Lipinski definition) is 2. The second-order valence-corrected chi connectivity index (χ2v) is 4.87. The molecule has 2 aromatic carbocycles. The Balaban J connectivity index is 1.87. The maximum atomic E-state index is 5.91. The van der Waals surface area contributed by atoms with Gasteiger partial charge in [-0.1, -0.05) is 48.0 Å². The fourth-order valence-electron chi connectivity index (χ4n) is 2.02. The molecule has 0 amide bonds. The van der Waals surface area contributed by atoms with E-state index in [1.54, 1.807) is 0 Å². The first kappa shape index (κ1) is 13.9. The summed E-state index contributed by atoms with van der Waals surface area (Å²) >= 11 is 5.91. The molecule has 0 radical (unpaired) electrons. The zero-order chi connectivity index (χ0) is 13.5. The van der Waals surface area contributed by atoms with E-state index in [1.165, 1.54) is 5.56 Å². The molecule has 2 N–H and O–H groups in total. The molecule has 100 valence electrons. The minimum absolute atomic E-state index is 0.334. The normalized spacial score (nSPS) is 12.1. The second-order valence-electron chi connectivity index (χ2n) is 4.44. The maximum absolute atomic E-state index is 5.91. The Morgan fingerprint density at radius 1 is 1.05 bits per heavy atom. The zero-order valence-electron chi connectivity index (χ0n) is 10.8. The number of rotatable bonds is 6. The summed E-state index contributed by atoms with van der Waals surface area (Å²) in [6.07, 6.45) is 0.896. The van der Waals surface area contributed by atoms with Crippen molar-refractivity contribution in [2.24, 2.45) is 5.73 Å². The molecule has 0 aromatic heterocycles. The van der Waals surface area contributed by atoms with Crippen molar-refractivity contribution < 1.29 is 4.74 Å². The molecule has 0 saturated heterocycles. The van der Waals surface area contributed by atoms with E-state index in [9.17, 15) is 0 Å². The lowest BCUT2D eigenvalue weighted by Gasteiger charge is -2.15. The summed E-state index contributed by atoms with van der Waals surface area (Å²) in [6.45, 7) is 1.26. The van der Waals surface area contributed by atoms with Gasteiger partial charge in [0.05, 0.1) is 6.61 Å². The largest absolute Gasteiger partial charge is 0.494 e. The van der Waals surface area contributed by atoms with Gasteiger partial charge in [0.2, 0.25) is 0 Å². The van der Waals surface area contributed by atoms with Crippen molar-refractivity contribution >= 4 is 11.6 Å². The molecule has 0 heterocycles. The Morgan fingerprint density at radius 3 is 2.53 bits per heavy atom. The van der Waals surface area contributed by atoms with Crippen molar-refractivity contribution in [1.82, 2.24) is 0 Å². The van der Waals surface area contributed by atoms with Gasteiger partial charge in [0, 0.05) is 5.02 Å². The smallest absolute Gasteiger partial charge is 0.120 e. The lowest BCUT2D eigenvalue weighted by molar-refractivity contribution is 0.298. The first-order valence-electron chi connectivity index (χ1n) is 6.43. The van der Waals surface area contributed by atoms with Crippen LogP contribution in [0.25, 0.3) is 0 Å². The van der Waals surface area contributed by atoms with Crippen molar-refractivity contribution in [3.63, 3.8) is 0 Å². The summed E-state index contributed by atoms with van der Waals surface area (Å²) in [4.78, 5) is 0. The molecule has 0 saturated carbocycles. The summed E-state index contributed by atoms with van der Waals surface area (Å²) in [7, 11) is 0. The van der Waals surface area contributed by atoms with Gasteiger partial charge >= 0.3 is 0 Å². The van der Waals surface area contributed by atoms with Crippen LogP contribution in [0.15, 0.2) is 54.6 Å². The van der Waals surface area contributed by atoms with Crippen molar-refractivity contribution in [2.75, 3.05) is 13.2 Å². The van der Waals surface area contributed by atoms with Crippen LogP contribution >= 0.6 is 11.6 Å². The van der Waals surface area contributed by atoms with Crippen LogP contribution in [0.4, 0.5) is 0 Å². The molecule has 0 fully saturated rings. The number of ether oxygens (including phenoxy) is 1. The first-order chi connectivity index (χ1) is 9.29. The predicted octanol–water partition coefficient (Wildman–Crippen LogP) is 3.85. The van der Waals surface area contributed by atoms with E-state index in [2.05, 4.69) is 12.1 Å². The summed E-state index contributed by atoms with van der Waals surface area (Å²) in [5.41, 5.74) is 7.10. The average Bonchev–Trinajstić information content (AvgIpc) is 2.45. The molecule has 1 unspecified atom stereocenters. The summed E-state index contributed by atoms with van der Waals surface area (Å²) in [5, 5.41) is 0.691. The lowest BCUT2D eigenvalue weighted by atomic mass is 9.96. The maximum Gasteiger partial charge on any atom is 0.120 e. The average molecular weight is 276 g/mol.